The Morgan fingerprint density at radius 2 is 2.00 bits per heavy atom. The molecule has 0 aromatic heterocycles. The lowest BCUT2D eigenvalue weighted by atomic mass is 10.1. The Balaban J connectivity index is 2.62. The molecule has 0 N–H and O–H groups in total. The van der Waals surface area contributed by atoms with Crippen LogP contribution in [0.25, 0.3) is 0 Å². The fraction of sp³-hybridized carbons (Fsp3) is 0.400. The molecular formula is C10H14O. The number of benzene rings is 1. The molecule has 0 heterocycles. The third-order valence-corrected chi connectivity index (χ3v) is 1.84. The molecule has 1 heteroatoms. The van der Waals surface area contributed by atoms with Crippen LogP contribution in [0.15, 0.2) is 24.3 Å². The molecule has 0 aliphatic carbocycles. The zero-order valence-electron chi connectivity index (χ0n) is 7.13. The fourth-order valence-electron chi connectivity index (χ4n) is 1.10. The first-order valence-electron chi connectivity index (χ1n) is 3.88. The van der Waals surface area contributed by atoms with Gasteiger partial charge in [0.1, 0.15) is 0 Å². The maximum Gasteiger partial charge on any atom is 0.0502 e. The Morgan fingerprint density at radius 3 is 2.64 bits per heavy atom. The number of rotatable bonds is 3. The van der Waals surface area contributed by atoms with E-state index in [2.05, 4.69) is 31.2 Å². The van der Waals surface area contributed by atoms with Gasteiger partial charge in [-0.25, -0.2) is 0 Å². The Kier molecular flexibility index (Phi) is 3.12. The van der Waals surface area contributed by atoms with Crippen molar-refractivity contribution in [1.29, 1.82) is 0 Å². The summed E-state index contributed by atoms with van der Waals surface area (Å²) >= 11 is 0. The number of ether oxygens (including phenoxy) is 1. The molecule has 1 aromatic carbocycles. The molecular weight excluding hydrogens is 136 g/mol. The molecule has 1 aromatic rings. The summed E-state index contributed by atoms with van der Waals surface area (Å²) in [6.07, 6.45) is 1.02. The number of hydrogen-bond donors (Lipinski definition) is 0. The molecule has 60 valence electrons. The Labute approximate surface area is 68.0 Å². The van der Waals surface area contributed by atoms with E-state index in [0.717, 1.165) is 13.0 Å². The van der Waals surface area contributed by atoms with E-state index in [4.69, 9.17) is 4.74 Å². The summed E-state index contributed by atoms with van der Waals surface area (Å²) in [5.74, 6) is 0. The predicted octanol–water partition coefficient (Wildman–Crippen LogP) is 2.18. The van der Waals surface area contributed by atoms with Crippen LogP contribution < -0.4 is 0 Å². The van der Waals surface area contributed by atoms with E-state index >= 15 is 0 Å². The maximum absolute atomic E-state index is 5.00. The molecule has 0 aliphatic rings. The van der Waals surface area contributed by atoms with Crippen molar-refractivity contribution < 1.29 is 4.74 Å². The van der Waals surface area contributed by atoms with Crippen LogP contribution in [0.4, 0.5) is 0 Å². The average Bonchev–Trinajstić information content (AvgIpc) is 2.03. The first-order chi connectivity index (χ1) is 5.34. The van der Waals surface area contributed by atoms with Crippen molar-refractivity contribution in [2.75, 3.05) is 13.7 Å². The number of aryl methyl sites for hydroxylation is 1. The van der Waals surface area contributed by atoms with Gasteiger partial charge in [-0.05, 0) is 24.5 Å². The lowest BCUT2D eigenvalue weighted by Crippen LogP contribution is -1.95. The molecule has 11 heavy (non-hydrogen) atoms. The highest BCUT2D eigenvalue weighted by Crippen LogP contribution is 2.06. The van der Waals surface area contributed by atoms with Crippen LogP contribution in [-0.4, -0.2) is 13.7 Å². The van der Waals surface area contributed by atoms with Crippen LogP contribution in [0.5, 0.6) is 0 Å². The van der Waals surface area contributed by atoms with Crippen molar-refractivity contribution >= 4 is 0 Å². The monoisotopic (exact) mass is 150 g/mol. The molecule has 1 rings (SSSR count). The zero-order chi connectivity index (χ0) is 8.10. The number of hydrogen-bond acceptors (Lipinski definition) is 1. The van der Waals surface area contributed by atoms with Gasteiger partial charge in [0, 0.05) is 7.11 Å². The minimum Gasteiger partial charge on any atom is -0.384 e. The van der Waals surface area contributed by atoms with Crippen molar-refractivity contribution in [1.82, 2.24) is 0 Å². The molecule has 0 fully saturated rings. The Morgan fingerprint density at radius 1 is 1.27 bits per heavy atom. The van der Waals surface area contributed by atoms with Crippen LogP contribution in [-0.2, 0) is 11.2 Å². The molecule has 0 saturated heterocycles. The Hall–Kier alpha value is -0.820. The highest BCUT2D eigenvalue weighted by atomic mass is 16.5. The molecule has 0 amide bonds. The van der Waals surface area contributed by atoms with Crippen LogP contribution in [0.1, 0.15) is 11.1 Å². The highest BCUT2D eigenvalue weighted by molar-refractivity contribution is 5.25. The standard InChI is InChI=1S/C10H14O/c1-9-5-3-4-6-10(9)7-8-11-2/h3-6H,7-8H2,1-2H3. The molecule has 0 saturated carbocycles. The lowest BCUT2D eigenvalue weighted by Gasteiger charge is -2.03. The van der Waals surface area contributed by atoms with Crippen molar-refractivity contribution in [2.24, 2.45) is 0 Å². The van der Waals surface area contributed by atoms with E-state index < -0.39 is 0 Å². The fourth-order valence-corrected chi connectivity index (χ4v) is 1.10. The summed E-state index contributed by atoms with van der Waals surface area (Å²) in [5.41, 5.74) is 2.74. The van der Waals surface area contributed by atoms with Crippen molar-refractivity contribution in [2.45, 2.75) is 13.3 Å². The lowest BCUT2D eigenvalue weighted by molar-refractivity contribution is 0.202. The van der Waals surface area contributed by atoms with Gasteiger partial charge in [-0.3, -0.25) is 0 Å². The van der Waals surface area contributed by atoms with Gasteiger partial charge >= 0.3 is 0 Å². The smallest absolute Gasteiger partial charge is 0.0502 e. The van der Waals surface area contributed by atoms with Crippen molar-refractivity contribution in [3.05, 3.63) is 35.4 Å². The third kappa shape index (κ3) is 2.35. The maximum atomic E-state index is 5.00. The summed E-state index contributed by atoms with van der Waals surface area (Å²) < 4.78 is 5.00. The van der Waals surface area contributed by atoms with Gasteiger partial charge in [-0.15, -0.1) is 0 Å². The average molecular weight is 150 g/mol. The zero-order valence-corrected chi connectivity index (χ0v) is 7.13. The minimum atomic E-state index is 0.810. The van der Waals surface area contributed by atoms with Crippen molar-refractivity contribution in [3.63, 3.8) is 0 Å². The largest absolute Gasteiger partial charge is 0.384 e. The minimum absolute atomic E-state index is 0.810. The highest BCUT2D eigenvalue weighted by Gasteiger charge is 1.94. The summed E-state index contributed by atoms with van der Waals surface area (Å²) in [7, 11) is 1.73. The van der Waals surface area contributed by atoms with Crippen LogP contribution >= 0.6 is 0 Å². The molecule has 1 nitrogen and oxygen atoms in total. The van der Waals surface area contributed by atoms with E-state index in [1.54, 1.807) is 7.11 Å². The van der Waals surface area contributed by atoms with E-state index in [9.17, 15) is 0 Å². The summed E-state index contributed by atoms with van der Waals surface area (Å²) in [5, 5.41) is 0. The normalized spacial score (nSPS) is 10.0. The quantitative estimate of drug-likeness (QED) is 0.641. The molecule has 0 spiro atoms. The molecule has 0 atom stereocenters. The second kappa shape index (κ2) is 4.14. The summed E-state index contributed by atoms with van der Waals surface area (Å²) in [6.45, 7) is 2.94. The predicted molar refractivity (Wildman–Crippen MR) is 46.8 cm³/mol. The van der Waals surface area contributed by atoms with Gasteiger partial charge in [0.25, 0.3) is 0 Å². The van der Waals surface area contributed by atoms with Gasteiger partial charge in [-0.1, -0.05) is 24.3 Å². The van der Waals surface area contributed by atoms with E-state index in [0.29, 0.717) is 0 Å². The SMILES string of the molecule is COCCc1ccccc1C. The van der Waals surface area contributed by atoms with Crippen LogP contribution in [0, 0.1) is 6.92 Å². The Bertz CT molecular complexity index is 218. The first kappa shape index (κ1) is 8.28. The van der Waals surface area contributed by atoms with E-state index in [-0.39, 0.29) is 0 Å². The van der Waals surface area contributed by atoms with Crippen molar-refractivity contribution in [3.8, 4) is 0 Å². The first-order valence-corrected chi connectivity index (χ1v) is 3.88. The van der Waals surface area contributed by atoms with E-state index in [1.807, 2.05) is 0 Å². The van der Waals surface area contributed by atoms with Gasteiger partial charge < -0.3 is 4.74 Å². The topological polar surface area (TPSA) is 9.23 Å². The molecule has 0 radical (unpaired) electrons. The molecule has 0 bridgehead atoms. The second-order valence-corrected chi connectivity index (χ2v) is 2.67. The van der Waals surface area contributed by atoms with E-state index in [1.165, 1.54) is 11.1 Å². The molecule has 0 aliphatic heterocycles. The number of methoxy groups -OCH3 is 1. The summed E-state index contributed by atoms with van der Waals surface area (Å²) in [4.78, 5) is 0. The summed E-state index contributed by atoms with van der Waals surface area (Å²) in [6, 6.07) is 8.41. The third-order valence-electron chi connectivity index (χ3n) is 1.84. The second-order valence-electron chi connectivity index (χ2n) is 2.67. The van der Waals surface area contributed by atoms with Crippen LogP contribution in [0.2, 0.25) is 0 Å². The molecule has 0 unspecified atom stereocenters. The van der Waals surface area contributed by atoms with Gasteiger partial charge in [-0.2, -0.15) is 0 Å². The van der Waals surface area contributed by atoms with Gasteiger partial charge in [0.05, 0.1) is 6.61 Å². The van der Waals surface area contributed by atoms with Crippen LogP contribution in [0.3, 0.4) is 0 Å². The van der Waals surface area contributed by atoms with Gasteiger partial charge in [0.2, 0.25) is 0 Å². The van der Waals surface area contributed by atoms with Gasteiger partial charge in [0.15, 0.2) is 0 Å².